The lowest BCUT2D eigenvalue weighted by Crippen LogP contribution is -2.41. The maximum atomic E-state index is 13.5. The van der Waals surface area contributed by atoms with E-state index in [2.05, 4.69) is 0 Å². The molecule has 0 aliphatic carbocycles. The van der Waals surface area contributed by atoms with E-state index < -0.39 is 30.1 Å². The maximum Gasteiger partial charge on any atom is 0.496 e. The summed E-state index contributed by atoms with van der Waals surface area (Å²) < 4.78 is 52.7. The lowest BCUT2D eigenvalue weighted by molar-refractivity contribution is -0.577. The number of hydrogen-bond donors (Lipinski definition) is 0. The Morgan fingerprint density at radius 1 is 1.04 bits per heavy atom. The van der Waals surface area contributed by atoms with Gasteiger partial charge in [0.1, 0.15) is 0 Å². The van der Waals surface area contributed by atoms with Crippen LogP contribution in [0.1, 0.15) is 33.3 Å². The summed E-state index contributed by atoms with van der Waals surface area (Å²) in [7, 11) is -1.21. The van der Waals surface area contributed by atoms with Crippen molar-refractivity contribution in [3.63, 3.8) is 0 Å². The molecule has 0 bridgehead atoms. The van der Waals surface area contributed by atoms with Crippen LogP contribution in [0.15, 0.2) is 30.5 Å². The van der Waals surface area contributed by atoms with E-state index in [1.807, 2.05) is 0 Å². The average Bonchev–Trinajstić information content (AvgIpc) is 2.65. The van der Waals surface area contributed by atoms with E-state index >= 15 is 0 Å². The molecular weight excluding hydrogens is 322 g/mol. The van der Waals surface area contributed by atoms with Crippen molar-refractivity contribution >= 4 is 23.5 Å². The molecule has 1 aromatic carbocycles. The van der Waals surface area contributed by atoms with E-state index in [0.717, 1.165) is 6.07 Å². The monoisotopic (exact) mass is 339 g/mol. The van der Waals surface area contributed by atoms with Gasteiger partial charge in [-0.1, -0.05) is 0 Å². The third kappa shape index (κ3) is 2.54. The molecule has 24 heavy (non-hydrogen) atoms. The molecule has 2 heterocycles. The van der Waals surface area contributed by atoms with Gasteiger partial charge < -0.3 is 14.5 Å². The summed E-state index contributed by atoms with van der Waals surface area (Å²) in [5.74, 6) is 0. The van der Waals surface area contributed by atoms with Gasteiger partial charge in [0.15, 0.2) is 6.20 Å². The topological polar surface area (TPSA) is 45.4 Å². The van der Waals surface area contributed by atoms with Crippen LogP contribution in [0, 0.1) is 5.21 Å². The molecule has 0 unspecified atom stereocenters. The normalized spacial score (nSPS) is 19.9. The van der Waals surface area contributed by atoms with Crippen LogP contribution in [0.25, 0.3) is 10.9 Å². The van der Waals surface area contributed by atoms with Crippen molar-refractivity contribution in [2.45, 2.75) is 45.1 Å². The molecule has 128 valence electrons. The Balaban J connectivity index is 2.28. The molecule has 4 nitrogen and oxygen atoms in total. The van der Waals surface area contributed by atoms with Crippen LogP contribution < -0.4 is 10.2 Å². The molecule has 1 saturated heterocycles. The van der Waals surface area contributed by atoms with Crippen molar-refractivity contribution in [1.29, 1.82) is 0 Å². The highest BCUT2D eigenvalue weighted by atomic mass is 19.4. The van der Waals surface area contributed by atoms with Crippen molar-refractivity contribution in [3.05, 3.63) is 41.2 Å². The second-order valence-corrected chi connectivity index (χ2v) is 6.88. The van der Waals surface area contributed by atoms with Gasteiger partial charge in [0.05, 0.1) is 16.8 Å². The molecular formula is C16H17BF3NO3. The highest BCUT2D eigenvalue weighted by Crippen LogP contribution is 2.39. The van der Waals surface area contributed by atoms with Crippen molar-refractivity contribution < 1.29 is 27.2 Å². The van der Waals surface area contributed by atoms with Crippen LogP contribution in [-0.4, -0.2) is 18.3 Å². The Labute approximate surface area is 137 Å². The zero-order chi connectivity index (χ0) is 17.9. The number of benzene rings is 1. The molecule has 0 N–H and O–H groups in total. The Bertz CT molecular complexity index is 789. The van der Waals surface area contributed by atoms with Crippen LogP contribution in [0.2, 0.25) is 0 Å². The Kier molecular flexibility index (Phi) is 3.62. The number of aromatic nitrogens is 1. The molecule has 0 spiro atoms. The molecule has 1 fully saturated rings. The molecule has 1 aromatic heterocycles. The first-order valence-corrected chi connectivity index (χ1v) is 7.52. The number of hydrogen-bond acceptors (Lipinski definition) is 3. The molecule has 2 aromatic rings. The Hall–Kier alpha value is -1.80. The predicted molar refractivity (Wildman–Crippen MR) is 83.6 cm³/mol. The minimum Gasteiger partial charge on any atom is -0.618 e. The first kappa shape index (κ1) is 17.0. The first-order chi connectivity index (χ1) is 10.9. The largest absolute Gasteiger partial charge is 0.618 e. The number of pyridine rings is 1. The van der Waals surface area contributed by atoms with E-state index in [4.69, 9.17) is 9.31 Å². The van der Waals surface area contributed by atoms with E-state index in [1.54, 1.807) is 27.7 Å². The maximum absolute atomic E-state index is 13.5. The first-order valence-electron chi connectivity index (χ1n) is 7.52. The van der Waals surface area contributed by atoms with Crippen LogP contribution in [0.3, 0.4) is 0 Å². The van der Waals surface area contributed by atoms with Crippen LogP contribution in [-0.2, 0) is 15.5 Å². The van der Waals surface area contributed by atoms with Gasteiger partial charge in [0.2, 0.25) is 5.52 Å². The number of alkyl halides is 3. The summed E-state index contributed by atoms with van der Waals surface area (Å²) in [5, 5.41) is 12.1. The fraction of sp³-hybridized carbons (Fsp3) is 0.438. The summed E-state index contributed by atoms with van der Waals surface area (Å²) in [4.78, 5) is 0. The van der Waals surface area contributed by atoms with Crippen molar-refractivity contribution in [2.24, 2.45) is 0 Å². The van der Waals surface area contributed by atoms with Crippen molar-refractivity contribution in [3.8, 4) is 0 Å². The molecule has 0 amide bonds. The number of halogens is 3. The molecule has 0 atom stereocenters. The summed E-state index contributed by atoms with van der Waals surface area (Å²) in [6.07, 6.45) is -3.35. The van der Waals surface area contributed by atoms with Gasteiger partial charge in [-0.25, -0.2) is 0 Å². The fourth-order valence-corrected chi connectivity index (χ4v) is 2.75. The van der Waals surface area contributed by atoms with Gasteiger partial charge in [-0.2, -0.15) is 17.9 Å². The quantitative estimate of drug-likeness (QED) is 0.456. The number of fused-ring (bicyclic) bond motifs is 1. The zero-order valence-corrected chi connectivity index (χ0v) is 13.8. The number of nitrogens with zero attached hydrogens (tertiary/aromatic N) is 1. The highest BCUT2D eigenvalue weighted by molar-refractivity contribution is 6.65. The fourth-order valence-electron chi connectivity index (χ4n) is 2.75. The summed E-state index contributed by atoms with van der Waals surface area (Å²) in [6, 6.07) is 4.95. The minimum atomic E-state index is -4.59. The standard InChI is InChI=1S/C16H17BF3NO3/c1-14(2)15(3,4)24-17(23-14)13-10-6-5-9-21(22)12(10)8-7-11(13)16(18,19)20/h5-9H,1-4H3. The second-order valence-electron chi connectivity index (χ2n) is 6.88. The molecule has 0 radical (unpaired) electrons. The van der Waals surface area contributed by atoms with E-state index in [0.29, 0.717) is 4.73 Å². The van der Waals surface area contributed by atoms with Crippen molar-refractivity contribution in [1.82, 2.24) is 0 Å². The zero-order valence-electron chi connectivity index (χ0n) is 13.8. The third-order valence-corrected chi connectivity index (χ3v) is 4.78. The number of rotatable bonds is 1. The van der Waals surface area contributed by atoms with Gasteiger partial charge in [-0.15, -0.1) is 0 Å². The smallest absolute Gasteiger partial charge is 0.496 e. The molecule has 1 aliphatic rings. The summed E-state index contributed by atoms with van der Waals surface area (Å²) >= 11 is 0. The van der Waals surface area contributed by atoms with Gasteiger partial charge in [0.25, 0.3) is 0 Å². The van der Waals surface area contributed by atoms with E-state index in [1.165, 1.54) is 24.4 Å². The van der Waals surface area contributed by atoms with E-state index in [-0.39, 0.29) is 16.4 Å². The van der Waals surface area contributed by atoms with E-state index in [9.17, 15) is 18.4 Å². The Morgan fingerprint density at radius 2 is 1.62 bits per heavy atom. The highest BCUT2D eigenvalue weighted by Gasteiger charge is 2.54. The molecule has 0 saturated carbocycles. The van der Waals surface area contributed by atoms with Gasteiger partial charge in [0, 0.05) is 23.0 Å². The lowest BCUT2D eigenvalue weighted by atomic mass is 9.73. The van der Waals surface area contributed by atoms with Crippen LogP contribution in [0.4, 0.5) is 13.2 Å². The Morgan fingerprint density at radius 3 is 2.17 bits per heavy atom. The van der Waals surface area contributed by atoms with Gasteiger partial charge in [-0.05, 0) is 39.8 Å². The SMILES string of the molecule is CC1(C)OB(c2c(C(F)(F)F)ccc3c2ccc[n+]3[O-])OC1(C)C. The second kappa shape index (κ2) is 5.10. The molecule has 1 aliphatic heterocycles. The van der Waals surface area contributed by atoms with Gasteiger partial charge >= 0.3 is 13.3 Å². The van der Waals surface area contributed by atoms with Crippen molar-refractivity contribution in [2.75, 3.05) is 0 Å². The molecule has 8 heteroatoms. The van der Waals surface area contributed by atoms with Crippen LogP contribution >= 0.6 is 0 Å². The average molecular weight is 339 g/mol. The predicted octanol–water partition coefficient (Wildman–Crippen LogP) is 2.79. The lowest BCUT2D eigenvalue weighted by Gasteiger charge is -2.32. The van der Waals surface area contributed by atoms with Crippen LogP contribution in [0.5, 0.6) is 0 Å². The summed E-state index contributed by atoms with van der Waals surface area (Å²) in [6.45, 7) is 7.05. The third-order valence-electron chi connectivity index (χ3n) is 4.78. The van der Waals surface area contributed by atoms with Gasteiger partial charge in [-0.3, -0.25) is 0 Å². The summed E-state index contributed by atoms with van der Waals surface area (Å²) in [5.41, 5.74) is -2.46. The minimum absolute atomic E-state index is 0.134. The molecule has 3 rings (SSSR count).